The second kappa shape index (κ2) is 6.51. The normalized spacial score (nSPS) is 11.0. The summed E-state index contributed by atoms with van der Waals surface area (Å²) >= 11 is 11.7. The Balaban J connectivity index is 2.07. The smallest absolute Gasteiger partial charge is 0.308 e. The Morgan fingerprint density at radius 1 is 1.00 bits per heavy atom. The number of anilines is 2. The molecule has 22 heavy (non-hydrogen) atoms. The van der Waals surface area contributed by atoms with Crippen molar-refractivity contribution in [3.05, 3.63) is 52.5 Å². The fourth-order valence-electron chi connectivity index (χ4n) is 1.58. The van der Waals surface area contributed by atoms with Gasteiger partial charge in [-0.1, -0.05) is 23.2 Å². The van der Waals surface area contributed by atoms with Gasteiger partial charge < -0.3 is 10.6 Å². The minimum Gasteiger partial charge on any atom is -0.308 e. The monoisotopic (exact) mass is 362 g/mol. The molecule has 0 bridgehead atoms. The van der Waals surface area contributed by atoms with E-state index in [-0.39, 0.29) is 5.69 Å². The zero-order chi connectivity index (χ0) is 16.3. The highest BCUT2D eigenvalue weighted by molar-refractivity contribution is 7.86. The van der Waals surface area contributed by atoms with Crippen LogP contribution in [0.25, 0.3) is 0 Å². The van der Waals surface area contributed by atoms with Gasteiger partial charge in [-0.15, -0.1) is 3.89 Å². The summed E-state index contributed by atoms with van der Waals surface area (Å²) < 4.78 is 34.1. The molecule has 2 rings (SSSR count). The molecule has 116 valence electrons. The lowest BCUT2D eigenvalue weighted by Crippen LogP contribution is -2.19. The predicted molar refractivity (Wildman–Crippen MR) is 83.8 cm³/mol. The number of rotatable bonds is 3. The quantitative estimate of drug-likeness (QED) is 0.799. The van der Waals surface area contributed by atoms with Gasteiger partial charge in [-0.25, -0.2) is 4.79 Å². The van der Waals surface area contributed by atoms with E-state index >= 15 is 0 Å². The molecule has 2 N–H and O–H groups in total. The van der Waals surface area contributed by atoms with Crippen molar-refractivity contribution < 1.29 is 17.1 Å². The Hall–Kier alpha value is -1.83. The van der Waals surface area contributed by atoms with E-state index in [0.29, 0.717) is 15.7 Å². The van der Waals surface area contributed by atoms with Crippen LogP contribution in [0.4, 0.5) is 20.1 Å². The summed E-state index contributed by atoms with van der Waals surface area (Å²) in [6, 6.07) is 8.55. The lowest BCUT2D eigenvalue weighted by atomic mass is 10.3. The third-order valence-electron chi connectivity index (χ3n) is 2.57. The number of nitrogens with one attached hydrogen (secondary N) is 2. The van der Waals surface area contributed by atoms with Gasteiger partial charge in [-0.05, 0) is 42.5 Å². The van der Waals surface area contributed by atoms with Gasteiger partial charge in [0.2, 0.25) is 0 Å². The van der Waals surface area contributed by atoms with E-state index < -0.39 is 21.1 Å². The van der Waals surface area contributed by atoms with Crippen molar-refractivity contribution >= 4 is 50.8 Å². The molecule has 0 unspecified atom stereocenters. The van der Waals surface area contributed by atoms with Gasteiger partial charge in [-0.3, -0.25) is 0 Å². The summed E-state index contributed by atoms with van der Waals surface area (Å²) in [4.78, 5) is 11.3. The van der Waals surface area contributed by atoms with Gasteiger partial charge in [-0.2, -0.15) is 8.42 Å². The first-order valence-electron chi connectivity index (χ1n) is 5.83. The summed E-state index contributed by atoms with van der Waals surface area (Å²) in [6.07, 6.45) is 0. The van der Waals surface area contributed by atoms with Crippen LogP contribution in [-0.2, 0) is 10.2 Å². The number of amides is 2. The molecule has 0 saturated carbocycles. The first-order valence-corrected chi connectivity index (χ1v) is 7.97. The highest BCUT2D eigenvalue weighted by atomic mass is 35.5. The molecule has 0 aliphatic carbocycles. The first-order chi connectivity index (χ1) is 10.3. The SMILES string of the molecule is O=C(Nc1ccc(S(=O)(=O)F)cc1)Nc1cc(Cl)ccc1Cl. The average Bonchev–Trinajstić information content (AvgIpc) is 2.42. The average molecular weight is 363 g/mol. The van der Waals surface area contributed by atoms with E-state index in [4.69, 9.17) is 23.2 Å². The van der Waals surface area contributed by atoms with Crippen molar-refractivity contribution in [1.82, 2.24) is 0 Å². The molecule has 0 atom stereocenters. The van der Waals surface area contributed by atoms with Crippen molar-refractivity contribution in [3.8, 4) is 0 Å². The van der Waals surface area contributed by atoms with E-state index in [0.717, 1.165) is 12.1 Å². The van der Waals surface area contributed by atoms with Crippen molar-refractivity contribution in [2.24, 2.45) is 0 Å². The largest absolute Gasteiger partial charge is 0.332 e. The van der Waals surface area contributed by atoms with Crippen molar-refractivity contribution in [2.75, 3.05) is 10.6 Å². The maximum absolute atomic E-state index is 12.7. The predicted octanol–water partition coefficient (Wildman–Crippen LogP) is 4.30. The van der Waals surface area contributed by atoms with Gasteiger partial charge >= 0.3 is 16.3 Å². The number of halogens is 3. The van der Waals surface area contributed by atoms with Crippen molar-refractivity contribution in [3.63, 3.8) is 0 Å². The Labute approximate surface area is 136 Å². The number of benzene rings is 2. The van der Waals surface area contributed by atoms with E-state index in [1.54, 1.807) is 6.07 Å². The van der Waals surface area contributed by atoms with E-state index in [2.05, 4.69) is 10.6 Å². The molecule has 0 heterocycles. The van der Waals surface area contributed by atoms with Gasteiger partial charge in [0, 0.05) is 10.7 Å². The highest BCUT2D eigenvalue weighted by Gasteiger charge is 2.12. The van der Waals surface area contributed by atoms with Crippen molar-refractivity contribution in [1.29, 1.82) is 0 Å². The lowest BCUT2D eigenvalue weighted by molar-refractivity contribution is 0.262. The molecule has 0 aliphatic heterocycles. The van der Waals surface area contributed by atoms with Crippen LogP contribution >= 0.6 is 23.2 Å². The molecule has 5 nitrogen and oxygen atoms in total. The maximum atomic E-state index is 12.7. The standard InChI is InChI=1S/C13H9Cl2FN2O3S/c14-8-1-6-11(15)12(7-8)18-13(19)17-9-2-4-10(5-3-9)22(16,20)21/h1-7H,(H2,17,18,19). The second-order valence-electron chi connectivity index (χ2n) is 4.17. The van der Waals surface area contributed by atoms with Crippen molar-refractivity contribution in [2.45, 2.75) is 4.90 Å². The second-order valence-corrected chi connectivity index (χ2v) is 6.36. The number of hydrogen-bond acceptors (Lipinski definition) is 3. The summed E-state index contributed by atoms with van der Waals surface area (Å²) in [5, 5.41) is 5.64. The molecule has 0 spiro atoms. The fourth-order valence-corrected chi connectivity index (χ4v) is 2.38. The lowest BCUT2D eigenvalue weighted by Gasteiger charge is -2.09. The number of carbonyl (C=O) groups excluding carboxylic acids is 1. The van der Waals surface area contributed by atoms with Gasteiger partial charge in [0.25, 0.3) is 0 Å². The molecule has 0 aliphatic rings. The minimum atomic E-state index is -4.77. The Bertz CT molecular complexity index is 811. The Kier molecular flexibility index (Phi) is 4.90. The summed E-state index contributed by atoms with van der Waals surface area (Å²) in [6.45, 7) is 0. The third-order valence-corrected chi connectivity index (χ3v) is 3.97. The Morgan fingerprint density at radius 2 is 1.64 bits per heavy atom. The molecule has 2 aromatic rings. The molecular weight excluding hydrogens is 354 g/mol. The van der Waals surface area contributed by atoms with Crippen LogP contribution in [0.3, 0.4) is 0 Å². The molecule has 0 saturated heterocycles. The molecule has 0 aromatic heterocycles. The van der Waals surface area contributed by atoms with Crippen LogP contribution < -0.4 is 10.6 Å². The van der Waals surface area contributed by atoms with Gasteiger partial charge in [0.05, 0.1) is 15.6 Å². The summed E-state index contributed by atoms with van der Waals surface area (Å²) in [5.74, 6) is 0. The summed E-state index contributed by atoms with van der Waals surface area (Å²) in [5.41, 5.74) is 0.595. The van der Waals surface area contributed by atoms with Crippen LogP contribution in [0.15, 0.2) is 47.4 Å². The number of urea groups is 1. The Morgan fingerprint density at radius 3 is 2.23 bits per heavy atom. The van der Waals surface area contributed by atoms with Crippen LogP contribution in [0.5, 0.6) is 0 Å². The molecular formula is C13H9Cl2FN2O3S. The zero-order valence-corrected chi connectivity index (χ0v) is 13.1. The van der Waals surface area contributed by atoms with Crippen LogP contribution in [0.2, 0.25) is 10.0 Å². The zero-order valence-electron chi connectivity index (χ0n) is 10.8. The van der Waals surface area contributed by atoms with Gasteiger partial charge in [0.1, 0.15) is 0 Å². The molecule has 9 heteroatoms. The van der Waals surface area contributed by atoms with E-state index in [9.17, 15) is 17.1 Å². The van der Waals surface area contributed by atoms with Gasteiger partial charge in [0.15, 0.2) is 0 Å². The highest BCUT2D eigenvalue weighted by Crippen LogP contribution is 2.25. The molecule has 0 fully saturated rings. The molecule has 2 amide bonds. The topological polar surface area (TPSA) is 75.3 Å². The van der Waals surface area contributed by atoms with Crippen LogP contribution in [0.1, 0.15) is 0 Å². The van der Waals surface area contributed by atoms with Crippen LogP contribution in [0, 0.1) is 0 Å². The maximum Gasteiger partial charge on any atom is 0.332 e. The van der Waals surface area contributed by atoms with E-state index in [1.165, 1.54) is 24.3 Å². The third kappa shape index (κ3) is 4.33. The summed E-state index contributed by atoms with van der Waals surface area (Å²) in [7, 11) is -4.77. The van der Waals surface area contributed by atoms with Crippen LogP contribution in [-0.4, -0.2) is 14.4 Å². The van der Waals surface area contributed by atoms with E-state index in [1.807, 2.05) is 0 Å². The minimum absolute atomic E-state index is 0.281. The fraction of sp³-hybridized carbons (Fsp3) is 0. The number of hydrogen-bond donors (Lipinski definition) is 2. The number of carbonyl (C=O) groups is 1. The first kappa shape index (κ1) is 16.5. The molecule has 2 aromatic carbocycles. The molecule has 0 radical (unpaired) electrons.